The molecule has 0 spiro atoms. The largest absolute Gasteiger partial charge is 0.462 e. The van der Waals surface area contributed by atoms with Gasteiger partial charge in [0.15, 0.2) is 0 Å². The second-order valence-corrected chi connectivity index (χ2v) is 4.11. The van der Waals surface area contributed by atoms with Gasteiger partial charge in [-0.25, -0.2) is 4.79 Å². The Balaban J connectivity index is 0.00000128. The van der Waals surface area contributed by atoms with Crippen LogP contribution in [0.4, 0.5) is 5.69 Å². The fourth-order valence-electron chi connectivity index (χ4n) is 1.41. The molecule has 2 N–H and O–H groups in total. The second kappa shape index (κ2) is 5.18. The van der Waals surface area contributed by atoms with Crippen LogP contribution in [0.25, 0.3) is 10.1 Å². The van der Waals surface area contributed by atoms with Crippen LogP contribution in [0.1, 0.15) is 16.6 Å². The molecule has 0 amide bonds. The van der Waals surface area contributed by atoms with Crippen LogP contribution in [0.15, 0.2) is 24.3 Å². The second-order valence-electron chi connectivity index (χ2n) is 3.06. The quantitative estimate of drug-likeness (QED) is 0.841. The maximum Gasteiger partial charge on any atom is 0.350 e. The predicted molar refractivity (Wildman–Crippen MR) is 69.4 cm³/mol. The molecule has 1 aromatic carbocycles. The van der Waals surface area contributed by atoms with Gasteiger partial charge < -0.3 is 10.5 Å². The monoisotopic (exact) mass is 257 g/mol. The molecule has 0 fully saturated rings. The van der Waals surface area contributed by atoms with E-state index >= 15 is 0 Å². The van der Waals surface area contributed by atoms with Crippen molar-refractivity contribution in [2.24, 2.45) is 0 Å². The lowest BCUT2D eigenvalue weighted by molar-refractivity contribution is 0.0533. The highest BCUT2D eigenvalue weighted by Crippen LogP contribution is 2.33. The summed E-state index contributed by atoms with van der Waals surface area (Å²) in [4.78, 5) is 12.0. The van der Waals surface area contributed by atoms with Gasteiger partial charge in [0.25, 0.3) is 0 Å². The third kappa shape index (κ3) is 2.13. The molecule has 2 rings (SSSR count). The lowest BCUT2D eigenvalue weighted by atomic mass is 10.2. The number of hydrogen-bond acceptors (Lipinski definition) is 4. The number of nitrogens with two attached hydrogens (primary N) is 1. The summed E-state index contributed by atoms with van der Waals surface area (Å²) in [5.74, 6) is -0.337. The highest BCUT2D eigenvalue weighted by molar-refractivity contribution is 7.21. The van der Waals surface area contributed by atoms with Gasteiger partial charge in [0, 0.05) is 10.1 Å². The molecular weight excluding hydrogens is 246 g/mol. The van der Waals surface area contributed by atoms with Crippen LogP contribution in [-0.2, 0) is 4.74 Å². The number of fused-ring (bicyclic) bond motifs is 1. The summed E-state index contributed by atoms with van der Waals surface area (Å²) in [6.07, 6.45) is 0. The van der Waals surface area contributed by atoms with Crippen molar-refractivity contribution in [3.8, 4) is 0 Å². The maximum atomic E-state index is 11.5. The van der Waals surface area contributed by atoms with Gasteiger partial charge >= 0.3 is 5.97 Å². The third-order valence-electron chi connectivity index (χ3n) is 2.09. The first-order valence-corrected chi connectivity index (χ1v) is 5.49. The SMILES string of the molecule is CCOC(=O)c1sc2ccccc2c1N.Cl. The predicted octanol–water partition coefficient (Wildman–Crippen LogP) is 3.08. The van der Waals surface area contributed by atoms with Gasteiger partial charge in [-0.1, -0.05) is 18.2 Å². The molecule has 2 aromatic rings. The van der Waals surface area contributed by atoms with Gasteiger partial charge in [0.05, 0.1) is 12.3 Å². The summed E-state index contributed by atoms with van der Waals surface area (Å²) in [7, 11) is 0. The smallest absolute Gasteiger partial charge is 0.350 e. The number of esters is 1. The summed E-state index contributed by atoms with van der Waals surface area (Å²) >= 11 is 1.37. The number of halogens is 1. The average molecular weight is 258 g/mol. The van der Waals surface area contributed by atoms with E-state index in [0.717, 1.165) is 10.1 Å². The minimum atomic E-state index is -0.337. The molecule has 0 saturated heterocycles. The van der Waals surface area contributed by atoms with E-state index in [9.17, 15) is 4.79 Å². The Hall–Kier alpha value is -1.26. The number of benzene rings is 1. The van der Waals surface area contributed by atoms with E-state index in [1.165, 1.54) is 11.3 Å². The van der Waals surface area contributed by atoms with Gasteiger partial charge in [-0.2, -0.15) is 0 Å². The number of ether oxygens (including phenoxy) is 1. The van der Waals surface area contributed by atoms with E-state index in [1.54, 1.807) is 6.92 Å². The zero-order valence-electron chi connectivity index (χ0n) is 8.73. The summed E-state index contributed by atoms with van der Waals surface area (Å²) in [6, 6.07) is 7.68. The number of nitrogen functional groups attached to an aromatic ring is 1. The molecular formula is C11H12ClNO2S. The zero-order chi connectivity index (χ0) is 10.8. The first-order chi connectivity index (χ1) is 7.24. The van der Waals surface area contributed by atoms with Crippen molar-refractivity contribution >= 4 is 45.5 Å². The van der Waals surface area contributed by atoms with Crippen molar-refractivity contribution in [3.63, 3.8) is 0 Å². The minimum Gasteiger partial charge on any atom is -0.462 e. The Bertz CT molecular complexity index is 510. The lowest BCUT2D eigenvalue weighted by Gasteiger charge is -1.98. The van der Waals surface area contributed by atoms with Crippen LogP contribution in [-0.4, -0.2) is 12.6 Å². The Labute approximate surface area is 104 Å². The van der Waals surface area contributed by atoms with Crippen molar-refractivity contribution in [2.45, 2.75) is 6.92 Å². The van der Waals surface area contributed by atoms with Gasteiger partial charge in [-0.15, -0.1) is 23.7 Å². The molecule has 0 unspecified atom stereocenters. The van der Waals surface area contributed by atoms with Crippen LogP contribution in [0.5, 0.6) is 0 Å². The van der Waals surface area contributed by atoms with Crippen LogP contribution < -0.4 is 5.73 Å². The highest BCUT2D eigenvalue weighted by Gasteiger charge is 2.16. The van der Waals surface area contributed by atoms with Gasteiger partial charge in [0.2, 0.25) is 0 Å². The van der Waals surface area contributed by atoms with Crippen molar-refractivity contribution < 1.29 is 9.53 Å². The van der Waals surface area contributed by atoms with E-state index in [1.807, 2.05) is 24.3 Å². The maximum absolute atomic E-state index is 11.5. The Morgan fingerprint density at radius 2 is 2.12 bits per heavy atom. The van der Waals surface area contributed by atoms with Gasteiger partial charge in [0.1, 0.15) is 4.88 Å². The first kappa shape index (κ1) is 12.8. The third-order valence-corrected chi connectivity index (χ3v) is 3.26. The average Bonchev–Trinajstić information content (AvgIpc) is 2.57. The molecule has 86 valence electrons. The number of rotatable bonds is 2. The first-order valence-electron chi connectivity index (χ1n) is 4.68. The van der Waals surface area contributed by atoms with Crippen molar-refractivity contribution in [1.82, 2.24) is 0 Å². The van der Waals surface area contributed by atoms with Crippen LogP contribution in [0, 0.1) is 0 Å². The Morgan fingerprint density at radius 3 is 2.75 bits per heavy atom. The molecule has 0 radical (unpaired) electrons. The van der Waals surface area contributed by atoms with E-state index < -0.39 is 0 Å². The van der Waals surface area contributed by atoms with Crippen LogP contribution >= 0.6 is 23.7 Å². The fraction of sp³-hybridized carbons (Fsp3) is 0.182. The summed E-state index contributed by atoms with van der Waals surface area (Å²) in [6.45, 7) is 2.15. The van der Waals surface area contributed by atoms with E-state index in [0.29, 0.717) is 17.2 Å². The Kier molecular flexibility index (Phi) is 4.15. The molecule has 5 heteroatoms. The molecule has 0 aliphatic carbocycles. The minimum absolute atomic E-state index is 0. The van der Waals surface area contributed by atoms with E-state index in [-0.39, 0.29) is 18.4 Å². The molecule has 3 nitrogen and oxygen atoms in total. The van der Waals surface area contributed by atoms with Crippen molar-refractivity contribution in [1.29, 1.82) is 0 Å². The number of carbonyl (C=O) groups is 1. The highest BCUT2D eigenvalue weighted by atomic mass is 35.5. The molecule has 1 heterocycles. The number of thiophene rings is 1. The van der Waals surface area contributed by atoms with E-state index in [2.05, 4.69) is 0 Å². The van der Waals surface area contributed by atoms with Crippen LogP contribution in [0.3, 0.4) is 0 Å². The van der Waals surface area contributed by atoms with Crippen molar-refractivity contribution in [3.05, 3.63) is 29.1 Å². The van der Waals surface area contributed by atoms with Crippen molar-refractivity contribution in [2.75, 3.05) is 12.3 Å². The lowest BCUT2D eigenvalue weighted by Crippen LogP contribution is -2.04. The number of carbonyl (C=O) groups excluding carboxylic acids is 1. The topological polar surface area (TPSA) is 52.3 Å². The summed E-state index contributed by atoms with van der Waals surface area (Å²) in [5.41, 5.74) is 6.40. The zero-order valence-corrected chi connectivity index (χ0v) is 10.4. The molecule has 0 bridgehead atoms. The standard InChI is InChI=1S/C11H11NO2S.ClH/c1-2-14-11(13)10-9(12)7-5-3-4-6-8(7)15-10;/h3-6H,2,12H2,1H3;1H. The molecule has 0 aliphatic rings. The number of hydrogen-bond donors (Lipinski definition) is 1. The normalized spacial score (nSPS) is 9.81. The van der Waals surface area contributed by atoms with E-state index in [4.69, 9.17) is 10.5 Å². The molecule has 0 aliphatic heterocycles. The Morgan fingerprint density at radius 1 is 1.44 bits per heavy atom. The molecule has 0 atom stereocenters. The number of anilines is 1. The molecule has 0 saturated carbocycles. The molecule has 1 aromatic heterocycles. The van der Waals surface area contributed by atoms with Gasteiger partial charge in [-0.3, -0.25) is 0 Å². The summed E-state index contributed by atoms with van der Waals surface area (Å²) in [5, 5.41) is 0.922. The van der Waals surface area contributed by atoms with Crippen LogP contribution in [0.2, 0.25) is 0 Å². The summed E-state index contributed by atoms with van der Waals surface area (Å²) < 4.78 is 5.94. The molecule has 16 heavy (non-hydrogen) atoms. The fourth-order valence-corrected chi connectivity index (χ4v) is 2.43. The van der Waals surface area contributed by atoms with Gasteiger partial charge in [-0.05, 0) is 13.0 Å².